The van der Waals surface area contributed by atoms with Crippen molar-refractivity contribution in [2.45, 2.75) is 94.2 Å². The number of nitrogens with zero attached hydrogens (tertiary/aromatic N) is 2. The zero-order chi connectivity index (χ0) is 34.9. The third-order valence-corrected chi connectivity index (χ3v) is 12.1. The first kappa shape index (κ1) is 35.9. The number of anilines is 1. The molecule has 3 aromatic rings. The van der Waals surface area contributed by atoms with E-state index in [4.69, 9.17) is 9.47 Å². The molecule has 0 radical (unpaired) electrons. The average molecular weight is 722 g/mol. The van der Waals surface area contributed by atoms with Crippen molar-refractivity contribution in [3.8, 4) is 0 Å². The molecule has 1 saturated heterocycles. The zero-order valence-corrected chi connectivity index (χ0v) is 29.5. The van der Waals surface area contributed by atoms with Gasteiger partial charge in [-0.15, -0.1) is 0 Å². The summed E-state index contributed by atoms with van der Waals surface area (Å²) in [4.78, 5) is 18.0. The average Bonchev–Trinajstić information content (AvgIpc) is 3.41. The number of sulfonamides is 1. The number of halogens is 2. The van der Waals surface area contributed by atoms with Crippen LogP contribution in [0.1, 0.15) is 52.0 Å². The number of benzene rings is 2. The zero-order valence-electron chi connectivity index (χ0n) is 27.9. The van der Waals surface area contributed by atoms with E-state index in [9.17, 15) is 27.1 Å². The molecular weight excluding hydrogens is 677 g/mol. The number of ether oxygens (including phenoxy) is 2. The van der Waals surface area contributed by atoms with Crippen LogP contribution < -0.4 is 16.0 Å². The van der Waals surface area contributed by atoms with E-state index in [0.29, 0.717) is 16.3 Å². The molecule has 49 heavy (non-hydrogen) atoms. The van der Waals surface area contributed by atoms with E-state index in [1.807, 2.05) is 20.8 Å². The highest BCUT2D eigenvalue weighted by Gasteiger charge is 2.48. The Bertz CT molecular complexity index is 1720. The molecule has 268 valence electrons. The Morgan fingerprint density at radius 1 is 1.12 bits per heavy atom. The lowest BCUT2D eigenvalue weighted by Gasteiger charge is -2.31. The third-order valence-electron chi connectivity index (χ3n) is 9.29. The number of hydrogen-bond donors (Lipinski definition) is 4. The molecule has 0 spiro atoms. The highest BCUT2D eigenvalue weighted by atomic mass is 32.2. The maximum atomic E-state index is 14.2. The summed E-state index contributed by atoms with van der Waals surface area (Å²) in [6.45, 7) is 6.41. The Kier molecular flexibility index (Phi) is 11.1. The summed E-state index contributed by atoms with van der Waals surface area (Å²) in [6, 6.07) is 7.10. The van der Waals surface area contributed by atoms with E-state index in [1.165, 1.54) is 21.7 Å². The van der Waals surface area contributed by atoms with Gasteiger partial charge in [-0.2, -0.15) is 4.31 Å². The van der Waals surface area contributed by atoms with Crippen LogP contribution in [0.5, 0.6) is 0 Å². The number of fused-ring (bicyclic) bond motifs is 2. The minimum absolute atomic E-state index is 0.0291. The second kappa shape index (κ2) is 15.1. The van der Waals surface area contributed by atoms with Gasteiger partial charge in [0.2, 0.25) is 10.0 Å². The number of hydrogen-bond acceptors (Lipinski definition) is 10. The summed E-state index contributed by atoms with van der Waals surface area (Å²) in [5.74, 6) is -1.76. The SMILES string of the molecule is CCNC1CC[C@@H]2OC[C@H](OC(=O)N[C@@H](Cc3cc(F)cc(F)c3)[C@H](O)CN(CC(C)C)S(=O)(=O)c3ccc4nc(NC5CC5)sc4c3)[C@H]12. The monoisotopic (exact) mass is 721 g/mol. The summed E-state index contributed by atoms with van der Waals surface area (Å²) in [5, 5.41) is 21.8. The van der Waals surface area contributed by atoms with Crippen LogP contribution in [0.4, 0.5) is 18.7 Å². The van der Waals surface area contributed by atoms with E-state index >= 15 is 0 Å². The van der Waals surface area contributed by atoms with Crippen molar-refractivity contribution < 1.29 is 36.6 Å². The first-order chi connectivity index (χ1) is 23.4. The van der Waals surface area contributed by atoms with E-state index < -0.39 is 52.5 Å². The topological polar surface area (TPSA) is 142 Å². The number of carbonyl (C=O) groups is 1. The first-order valence-corrected chi connectivity index (χ1v) is 19.3. The summed E-state index contributed by atoms with van der Waals surface area (Å²) in [7, 11) is -4.13. The highest BCUT2D eigenvalue weighted by Crippen LogP contribution is 2.38. The van der Waals surface area contributed by atoms with Crippen LogP contribution in [0, 0.1) is 23.5 Å². The normalized spacial score (nSPS) is 23.6. The van der Waals surface area contributed by atoms with Crippen molar-refractivity contribution in [1.82, 2.24) is 19.9 Å². The van der Waals surface area contributed by atoms with Crippen molar-refractivity contribution in [3.63, 3.8) is 0 Å². The van der Waals surface area contributed by atoms with Crippen LogP contribution in [0.2, 0.25) is 0 Å². The first-order valence-electron chi connectivity index (χ1n) is 17.0. The summed E-state index contributed by atoms with van der Waals surface area (Å²) >= 11 is 1.38. The smallest absolute Gasteiger partial charge is 0.407 e. The predicted molar refractivity (Wildman–Crippen MR) is 183 cm³/mol. The van der Waals surface area contributed by atoms with Crippen molar-refractivity contribution in [2.75, 3.05) is 31.6 Å². The number of aliphatic hydroxyl groups is 1. The van der Waals surface area contributed by atoms with Gasteiger partial charge in [0.1, 0.15) is 17.7 Å². The van der Waals surface area contributed by atoms with Gasteiger partial charge in [-0.25, -0.2) is 27.0 Å². The Hall–Kier alpha value is -2.95. The predicted octanol–water partition coefficient (Wildman–Crippen LogP) is 4.65. The maximum Gasteiger partial charge on any atom is 0.407 e. The Morgan fingerprint density at radius 3 is 2.57 bits per heavy atom. The molecule has 2 saturated carbocycles. The van der Waals surface area contributed by atoms with Crippen molar-refractivity contribution in [3.05, 3.63) is 53.6 Å². The van der Waals surface area contributed by atoms with Crippen LogP contribution in [0.15, 0.2) is 41.3 Å². The molecule has 2 aliphatic carbocycles. The molecule has 15 heteroatoms. The molecule has 1 amide bonds. The van der Waals surface area contributed by atoms with E-state index in [2.05, 4.69) is 20.9 Å². The van der Waals surface area contributed by atoms with Gasteiger partial charge in [-0.1, -0.05) is 32.1 Å². The third kappa shape index (κ3) is 8.68. The van der Waals surface area contributed by atoms with E-state index in [0.717, 1.165) is 55.6 Å². The number of nitrogens with one attached hydrogen (secondary N) is 3. The molecule has 3 fully saturated rings. The summed E-state index contributed by atoms with van der Waals surface area (Å²) < 4.78 is 70.2. The Balaban J connectivity index is 1.22. The number of amides is 1. The van der Waals surface area contributed by atoms with Gasteiger partial charge in [-0.3, -0.25) is 0 Å². The molecule has 6 atom stereocenters. The van der Waals surface area contributed by atoms with Crippen molar-refractivity contribution in [2.24, 2.45) is 11.8 Å². The number of aliphatic hydroxyl groups excluding tert-OH is 1. The fourth-order valence-corrected chi connectivity index (χ4v) is 9.61. The fourth-order valence-electron chi connectivity index (χ4n) is 6.90. The minimum atomic E-state index is -4.13. The standard InChI is InChI=1S/C34H45F2N5O6S2/c1-4-37-26-9-10-29-32(26)30(18-46-29)47-34(43)40-27(13-20-11-21(35)14-22(36)12-20)28(42)17-41(16-19(2)3)49(44,45)24-7-8-25-31(15-24)48-33(39-25)38-23-5-6-23/h7-8,11-12,14-15,19,23,26-30,32,37,42H,4-6,9-10,13,16-18H2,1-3H3,(H,38,39)(H,40,43)/t26?,27-,28+,29-,30-,32+/m0/s1. The molecule has 2 aromatic carbocycles. The molecule has 0 bridgehead atoms. The second-order valence-corrected chi connectivity index (χ2v) is 16.7. The minimum Gasteiger partial charge on any atom is -0.443 e. The lowest BCUT2D eigenvalue weighted by Crippen LogP contribution is -2.52. The summed E-state index contributed by atoms with van der Waals surface area (Å²) in [5.41, 5.74) is 0.861. The molecule has 4 N–H and O–H groups in total. The highest BCUT2D eigenvalue weighted by molar-refractivity contribution is 7.89. The quantitative estimate of drug-likeness (QED) is 0.177. The van der Waals surface area contributed by atoms with Gasteiger partial charge in [0, 0.05) is 37.2 Å². The van der Waals surface area contributed by atoms with Gasteiger partial charge >= 0.3 is 6.09 Å². The number of thiazole rings is 1. The number of alkyl carbamates (subject to hydrolysis) is 1. The fraction of sp³-hybridized carbons (Fsp3) is 0.588. The molecule has 1 unspecified atom stereocenters. The van der Waals surface area contributed by atoms with Crippen molar-refractivity contribution >= 4 is 42.8 Å². The van der Waals surface area contributed by atoms with Gasteiger partial charge in [0.05, 0.1) is 40.0 Å². The molecule has 3 aliphatic rings. The van der Waals surface area contributed by atoms with Crippen LogP contribution in [-0.4, -0.2) is 91.6 Å². The Morgan fingerprint density at radius 2 is 1.88 bits per heavy atom. The largest absolute Gasteiger partial charge is 0.443 e. The van der Waals surface area contributed by atoms with Gasteiger partial charge in [0.15, 0.2) is 5.13 Å². The molecular formula is C34H45F2N5O6S2. The summed E-state index contributed by atoms with van der Waals surface area (Å²) in [6.07, 6.45) is 0.865. The lowest BCUT2D eigenvalue weighted by atomic mass is 9.97. The van der Waals surface area contributed by atoms with Crippen molar-refractivity contribution in [1.29, 1.82) is 0 Å². The second-order valence-electron chi connectivity index (χ2n) is 13.7. The molecule has 11 nitrogen and oxygen atoms in total. The Labute approximate surface area is 289 Å². The number of rotatable bonds is 15. The van der Waals surface area contributed by atoms with E-state index in [1.54, 1.807) is 12.1 Å². The van der Waals surface area contributed by atoms with Crippen LogP contribution in [-0.2, 0) is 25.9 Å². The van der Waals surface area contributed by atoms with Gasteiger partial charge in [0.25, 0.3) is 0 Å². The molecule has 6 rings (SSSR count). The van der Waals surface area contributed by atoms with Gasteiger partial charge < -0.3 is 30.5 Å². The van der Waals surface area contributed by atoms with Crippen LogP contribution >= 0.6 is 11.3 Å². The van der Waals surface area contributed by atoms with E-state index in [-0.39, 0.29) is 54.0 Å². The van der Waals surface area contributed by atoms with Crippen LogP contribution in [0.25, 0.3) is 10.2 Å². The number of aromatic nitrogens is 1. The molecule has 1 aliphatic heterocycles. The van der Waals surface area contributed by atoms with Gasteiger partial charge in [-0.05, 0) is 80.5 Å². The molecule has 1 aromatic heterocycles. The van der Waals surface area contributed by atoms with Crippen LogP contribution in [0.3, 0.4) is 0 Å². The number of carbonyl (C=O) groups excluding carboxylic acids is 1. The lowest BCUT2D eigenvalue weighted by molar-refractivity contribution is 0.0491. The maximum absolute atomic E-state index is 14.2. The molecule has 2 heterocycles.